The Morgan fingerprint density at radius 2 is 1.90 bits per heavy atom. The lowest BCUT2D eigenvalue weighted by atomic mass is 9.67. The molecule has 3 aliphatic rings. The van der Waals surface area contributed by atoms with Crippen molar-refractivity contribution in [1.29, 1.82) is 0 Å². The predicted octanol–water partition coefficient (Wildman–Crippen LogP) is 2.30. The molecule has 2 aliphatic heterocycles. The second-order valence-corrected chi connectivity index (χ2v) is 6.91. The van der Waals surface area contributed by atoms with Crippen molar-refractivity contribution in [1.82, 2.24) is 10.2 Å². The molecule has 5 nitrogen and oxygen atoms in total. The quantitative estimate of drug-likeness (QED) is 0.813. The molecule has 1 aliphatic carbocycles. The van der Waals surface area contributed by atoms with Crippen LogP contribution in [-0.4, -0.2) is 41.6 Å². The molecule has 2 saturated heterocycles. The first-order chi connectivity index (χ1) is 10.1. The van der Waals surface area contributed by atoms with Crippen LogP contribution in [0.3, 0.4) is 0 Å². The SMILES string of the molecule is C[C@@H]1CCC[C@H](C)C12NC(=O)N(CC[C@H]1CCCO1)C2=O. The molecule has 0 aromatic carbocycles. The Kier molecular flexibility index (Phi) is 3.95. The predicted molar refractivity (Wildman–Crippen MR) is 78.7 cm³/mol. The molecule has 0 bridgehead atoms. The molecule has 2 heterocycles. The molecule has 3 fully saturated rings. The highest BCUT2D eigenvalue weighted by Gasteiger charge is 2.58. The highest BCUT2D eigenvalue weighted by molar-refractivity contribution is 6.07. The van der Waals surface area contributed by atoms with Gasteiger partial charge in [0.25, 0.3) is 5.91 Å². The number of carbonyl (C=O) groups is 2. The molecule has 1 unspecified atom stereocenters. The Hall–Kier alpha value is -1.10. The fourth-order valence-electron chi connectivity index (χ4n) is 4.30. The standard InChI is InChI=1S/C16H26N2O3/c1-11-5-3-6-12(2)16(11)14(19)18(15(20)17-16)9-8-13-7-4-10-21-13/h11-13H,3-10H2,1-2H3,(H,17,20)/t11-,12+,13-,16?/m1/s1. The molecule has 0 radical (unpaired) electrons. The molecule has 21 heavy (non-hydrogen) atoms. The summed E-state index contributed by atoms with van der Waals surface area (Å²) in [5.41, 5.74) is -0.661. The number of nitrogens with one attached hydrogen (secondary N) is 1. The minimum Gasteiger partial charge on any atom is -0.378 e. The second kappa shape index (κ2) is 5.59. The van der Waals surface area contributed by atoms with Crippen LogP contribution in [0, 0.1) is 11.8 Å². The van der Waals surface area contributed by atoms with Crippen LogP contribution >= 0.6 is 0 Å². The van der Waals surface area contributed by atoms with Crippen LogP contribution in [0.5, 0.6) is 0 Å². The number of amides is 3. The Labute approximate surface area is 126 Å². The lowest BCUT2D eigenvalue weighted by Gasteiger charge is -2.42. The first-order valence-electron chi connectivity index (χ1n) is 8.31. The minimum atomic E-state index is -0.661. The summed E-state index contributed by atoms with van der Waals surface area (Å²) in [5, 5.41) is 3.04. The van der Waals surface area contributed by atoms with E-state index in [0.29, 0.717) is 6.54 Å². The van der Waals surface area contributed by atoms with Gasteiger partial charge in [-0.1, -0.05) is 20.3 Å². The number of ether oxygens (including phenoxy) is 1. The van der Waals surface area contributed by atoms with Crippen molar-refractivity contribution in [3.8, 4) is 0 Å². The molecule has 5 heteroatoms. The van der Waals surface area contributed by atoms with Crippen LogP contribution in [0.15, 0.2) is 0 Å². The van der Waals surface area contributed by atoms with Crippen LogP contribution in [0.1, 0.15) is 52.4 Å². The number of carbonyl (C=O) groups excluding carboxylic acids is 2. The molecule has 118 valence electrons. The van der Waals surface area contributed by atoms with E-state index in [1.165, 1.54) is 4.90 Å². The summed E-state index contributed by atoms with van der Waals surface area (Å²) < 4.78 is 5.59. The zero-order chi connectivity index (χ0) is 15.0. The monoisotopic (exact) mass is 294 g/mol. The molecule has 1 N–H and O–H groups in total. The summed E-state index contributed by atoms with van der Waals surface area (Å²) in [6.07, 6.45) is 6.26. The molecule has 0 aromatic heterocycles. The van der Waals surface area contributed by atoms with Crippen molar-refractivity contribution in [3.05, 3.63) is 0 Å². The van der Waals surface area contributed by atoms with Crippen LogP contribution in [-0.2, 0) is 9.53 Å². The molecule has 3 amide bonds. The third kappa shape index (κ3) is 2.35. The summed E-state index contributed by atoms with van der Waals surface area (Å²) in [4.78, 5) is 26.7. The van der Waals surface area contributed by atoms with E-state index >= 15 is 0 Å². The van der Waals surface area contributed by atoms with Crippen molar-refractivity contribution in [2.75, 3.05) is 13.2 Å². The number of rotatable bonds is 3. The van der Waals surface area contributed by atoms with Gasteiger partial charge in [-0.15, -0.1) is 0 Å². The number of urea groups is 1. The smallest absolute Gasteiger partial charge is 0.325 e. The molecular formula is C16H26N2O3. The minimum absolute atomic E-state index is 0.00908. The van der Waals surface area contributed by atoms with Gasteiger partial charge in [0.2, 0.25) is 0 Å². The van der Waals surface area contributed by atoms with Crippen molar-refractivity contribution in [3.63, 3.8) is 0 Å². The van der Waals surface area contributed by atoms with E-state index < -0.39 is 5.54 Å². The molecule has 3 rings (SSSR count). The van der Waals surface area contributed by atoms with E-state index in [1.54, 1.807) is 0 Å². The average Bonchev–Trinajstić information content (AvgIpc) is 3.03. The highest BCUT2D eigenvalue weighted by Crippen LogP contribution is 2.42. The maximum atomic E-state index is 12.9. The lowest BCUT2D eigenvalue weighted by molar-refractivity contribution is -0.136. The third-order valence-electron chi connectivity index (χ3n) is 5.69. The summed E-state index contributed by atoms with van der Waals surface area (Å²) >= 11 is 0. The Bertz CT molecular complexity index is 421. The molecule has 1 spiro atoms. The highest BCUT2D eigenvalue weighted by atomic mass is 16.5. The van der Waals surface area contributed by atoms with E-state index in [1.807, 2.05) is 0 Å². The van der Waals surface area contributed by atoms with Crippen LogP contribution in [0.25, 0.3) is 0 Å². The Morgan fingerprint density at radius 3 is 2.52 bits per heavy atom. The maximum Gasteiger partial charge on any atom is 0.325 e. The van der Waals surface area contributed by atoms with Gasteiger partial charge in [-0.25, -0.2) is 4.79 Å². The summed E-state index contributed by atoms with van der Waals surface area (Å²) in [7, 11) is 0. The van der Waals surface area contributed by atoms with Crippen molar-refractivity contribution in [2.24, 2.45) is 11.8 Å². The topological polar surface area (TPSA) is 58.6 Å². The van der Waals surface area contributed by atoms with E-state index in [0.717, 1.165) is 45.1 Å². The average molecular weight is 294 g/mol. The van der Waals surface area contributed by atoms with E-state index in [-0.39, 0.29) is 29.9 Å². The van der Waals surface area contributed by atoms with Gasteiger partial charge in [0, 0.05) is 13.2 Å². The van der Waals surface area contributed by atoms with Gasteiger partial charge in [-0.3, -0.25) is 9.69 Å². The molecule has 0 aromatic rings. The largest absolute Gasteiger partial charge is 0.378 e. The molecular weight excluding hydrogens is 268 g/mol. The molecule has 1 saturated carbocycles. The van der Waals surface area contributed by atoms with Crippen LogP contribution in [0.2, 0.25) is 0 Å². The van der Waals surface area contributed by atoms with E-state index in [2.05, 4.69) is 19.2 Å². The van der Waals surface area contributed by atoms with Gasteiger partial charge in [0.15, 0.2) is 0 Å². The van der Waals surface area contributed by atoms with Gasteiger partial charge in [-0.05, 0) is 43.9 Å². The zero-order valence-corrected chi connectivity index (χ0v) is 13.1. The fraction of sp³-hybridized carbons (Fsp3) is 0.875. The van der Waals surface area contributed by atoms with Crippen molar-refractivity contribution in [2.45, 2.75) is 64.0 Å². The first-order valence-corrected chi connectivity index (χ1v) is 8.31. The Balaban J connectivity index is 1.71. The first kappa shape index (κ1) is 14.8. The van der Waals surface area contributed by atoms with E-state index in [9.17, 15) is 9.59 Å². The van der Waals surface area contributed by atoms with Gasteiger partial charge in [-0.2, -0.15) is 0 Å². The van der Waals surface area contributed by atoms with E-state index in [4.69, 9.17) is 4.74 Å². The normalized spacial score (nSPS) is 40.1. The maximum absolute atomic E-state index is 12.9. The number of imide groups is 1. The third-order valence-corrected chi connectivity index (χ3v) is 5.69. The second-order valence-electron chi connectivity index (χ2n) is 6.91. The fourth-order valence-corrected chi connectivity index (χ4v) is 4.30. The summed E-state index contributed by atoms with van der Waals surface area (Å²) in [6.45, 7) is 5.48. The summed E-state index contributed by atoms with van der Waals surface area (Å²) in [5.74, 6) is 0.418. The lowest BCUT2D eigenvalue weighted by Crippen LogP contribution is -2.58. The van der Waals surface area contributed by atoms with Gasteiger partial charge < -0.3 is 10.1 Å². The van der Waals surface area contributed by atoms with Crippen molar-refractivity contribution >= 4 is 11.9 Å². The molecule has 4 atom stereocenters. The Morgan fingerprint density at radius 1 is 1.19 bits per heavy atom. The van der Waals surface area contributed by atoms with Crippen LogP contribution < -0.4 is 5.32 Å². The van der Waals surface area contributed by atoms with Gasteiger partial charge >= 0.3 is 6.03 Å². The number of hydrogen-bond donors (Lipinski definition) is 1. The van der Waals surface area contributed by atoms with Crippen molar-refractivity contribution < 1.29 is 14.3 Å². The van der Waals surface area contributed by atoms with Crippen LogP contribution in [0.4, 0.5) is 4.79 Å². The summed E-state index contributed by atoms with van der Waals surface area (Å²) in [6, 6.07) is -0.210. The number of hydrogen-bond acceptors (Lipinski definition) is 3. The number of nitrogens with zero attached hydrogens (tertiary/aromatic N) is 1. The zero-order valence-electron chi connectivity index (χ0n) is 13.1. The van der Waals surface area contributed by atoms with Gasteiger partial charge in [0.05, 0.1) is 6.10 Å². The van der Waals surface area contributed by atoms with Gasteiger partial charge in [0.1, 0.15) is 5.54 Å².